The smallest absolute Gasteiger partial charge is 0.329 e. The van der Waals surface area contributed by atoms with E-state index >= 15 is 0 Å². The van der Waals surface area contributed by atoms with Gasteiger partial charge < -0.3 is 52.4 Å². The first-order valence-corrected chi connectivity index (χ1v) is 11.8. The Kier molecular flexibility index (Phi) is 7.84. The fourth-order valence-corrected chi connectivity index (χ4v) is 4.65. The van der Waals surface area contributed by atoms with Crippen LogP contribution >= 0.6 is 0 Å². The molecule has 2 aromatic rings. The molecule has 0 spiro atoms. The molecule has 1 amide bonds. The molecule has 2 aliphatic rings. The van der Waals surface area contributed by atoms with Crippen molar-refractivity contribution < 1.29 is 44.7 Å². The van der Waals surface area contributed by atoms with Crippen LogP contribution in [0.2, 0.25) is 0 Å². The largest absolute Gasteiger partial charge is 0.480 e. The highest BCUT2D eigenvalue weighted by atomic mass is 16.6. The summed E-state index contributed by atoms with van der Waals surface area (Å²) in [7, 11) is 0. The summed E-state index contributed by atoms with van der Waals surface area (Å²) in [4.78, 5) is 37.1. The molecule has 0 bridgehead atoms. The SMILES string of the molecule is N=C(N)N(O)CCCC(N)C(=O)NC(C(=O)O)C1O[C@@H](n2cnc3cnc(N)nc32)C2OC[C@H](O)[C@]2(O)[C@@H]1O. The Morgan fingerprint density at radius 1 is 1.36 bits per heavy atom. The minimum absolute atomic E-state index is 0.0278. The maximum Gasteiger partial charge on any atom is 0.329 e. The zero-order valence-electron chi connectivity index (χ0n) is 20.4. The lowest BCUT2D eigenvalue weighted by molar-refractivity contribution is -0.286. The summed E-state index contributed by atoms with van der Waals surface area (Å²) in [5.41, 5.74) is 14.7. The normalized spacial score (nSPS) is 29.9. The van der Waals surface area contributed by atoms with E-state index in [0.29, 0.717) is 5.06 Å². The van der Waals surface area contributed by atoms with E-state index in [1.54, 1.807) is 0 Å². The summed E-state index contributed by atoms with van der Waals surface area (Å²) in [6, 6.07) is -3.20. The van der Waals surface area contributed by atoms with Crippen molar-refractivity contribution in [2.24, 2.45) is 11.5 Å². The highest BCUT2D eigenvalue weighted by molar-refractivity contribution is 5.87. The van der Waals surface area contributed by atoms with Crippen molar-refractivity contribution in [2.45, 2.75) is 61.2 Å². The second-order valence-corrected chi connectivity index (χ2v) is 9.26. The first kappa shape index (κ1) is 28.3. The molecule has 0 aliphatic carbocycles. The van der Waals surface area contributed by atoms with Crippen molar-refractivity contribution in [2.75, 3.05) is 18.9 Å². The van der Waals surface area contributed by atoms with Gasteiger partial charge >= 0.3 is 5.97 Å². The van der Waals surface area contributed by atoms with Crippen LogP contribution in [-0.4, -0.2) is 123 Å². The van der Waals surface area contributed by atoms with Crippen LogP contribution < -0.4 is 22.5 Å². The molecular formula is C20H30N10O9. The van der Waals surface area contributed by atoms with Gasteiger partial charge in [-0.15, -0.1) is 0 Å². The Labute approximate surface area is 219 Å². The molecule has 13 N–H and O–H groups in total. The van der Waals surface area contributed by atoms with E-state index in [9.17, 15) is 35.2 Å². The van der Waals surface area contributed by atoms with Crippen LogP contribution in [-0.2, 0) is 19.1 Å². The maximum atomic E-state index is 12.7. The van der Waals surface area contributed by atoms with Crippen molar-refractivity contribution >= 4 is 34.9 Å². The van der Waals surface area contributed by atoms with Gasteiger partial charge in [0.05, 0.1) is 25.2 Å². The molecule has 19 nitrogen and oxygen atoms in total. The molecule has 39 heavy (non-hydrogen) atoms. The van der Waals surface area contributed by atoms with Crippen LogP contribution in [0.15, 0.2) is 12.5 Å². The van der Waals surface area contributed by atoms with Crippen molar-refractivity contribution in [1.82, 2.24) is 29.9 Å². The lowest BCUT2D eigenvalue weighted by Gasteiger charge is -2.48. The number of hydroxylamine groups is 2. The standard InChI is InChI=1S/C20H30N10O9/c21-7(2-1-3-30(37)18(22)23)15(33)27-10(17(34)35)11-12(32)20(36)9(31)5-38-13(20)16(39-11)29-6-26-8-4-25-19(24)28-14(8)29/h4,6-7,9-13,16,31-32,36-37H,1-3,5,21H2,(H3,22,23)(H,27,33)(H,34,35)(H2,24,25,28)/t7?,9-,10?,11?,12+,13?,16+,20-/m0/s1. The van der Waals surface area contributed by atoms with Gasteiger partial charge in [0.25, 0.3) is 0 Å². The van der Waals surface area contributed by atoms with Gasteiger partial charge in [-0.3, -0.25) is 20.0 Å². The average Bonchev–Trinajstić information content (AvgIpc) is 3.43. The van der Waals surface area contributed by atoms with Gasteiger partial charge in [-0.1, -0.05) is 0 Å². The molecule has 4 rings (SSSR count). The Balaban J connectivity index is 1.60. The summed E-state index contributed by atoms with van der Waals surface area (Å²) in [5, 5.41) is 62.2. The minimum atomic E-state index is -2.42. The number of carbonyl (C=O) groups excluding carboxylic acids is 1. The summed E-state index contributed by atoms with van der Waals surface area (Å²) in [6.07, 6.45) is -5.61. The van der Waals surface area contributed by atoms with Gasteiger partial charge in [-0.25, -0.2) is 19.8 Å². The molecule has 0 aromatic carbocycles. The number of fused-ring (bicyclic) bond motifs is 2. The fourth-order valence-electron chi connectivity index (χ4n) is 4.65. The number of carbonyl (C=O) groups is 2. The molecule has 4 heterocycles. The highest BCUT2D eigenvalue weighted by Gasteiger charge is 2.65. The Morgan fingerprint density at radius 2 is 2.08 bits per heavy atom. The van der Waals surface area contributed by atoms with Gasteiger partial charge in [-0.05, 0) is 12.8 Å². The van der Waals surface area contributed by atoms with Crippen LogP contribution in [0.3, 0.4) is 0 Å². The predicted molar refractivity (Wildman–Crippen MR) is 128 cm³/mol. The number of ether oxygens (including phenoxy) is 2. The van der Waals surface area contributed by atoms with Gasteiger partial charge in [0.1, 0.15) is 29.9 Å². The number of carboxylic acid groups (broad SMARTS) is 1. The number of aliphatic hydroxyl groups excluding tert-OH is 2. The lowest BCUT2D eigenvalue weighted by Crippen LogP contribution is -2.71. The number of hydrogen-bond acceptors (Lipinski definition) is 14. The van der Waals surface area contributed by atoms with Gasteiger partial charge in [0.15, 0.2) is 23.5 Å². The summed E-state index contributed by atoms with van der Waals surface area (Å²) in [6.45, 7) is -0.518. The number of nitrogen functional groups attached to an aromatic ring is 1. The summed E-state index contributed by atoms with van der Waals surface area (Å²) in [5.74, 6) is -3.29. The number of hydrogen-bond donors (Lipinski definition) is 10. The molecule has 0 radical (unpaired) electrons. The Morgan fingerprint density at radius 3 is 2.74 bits per heavy atom. The van der Waals surface area contributed by atoms with Crippen molar-refractivity contribution in [1.29, 1.82) is 5.41 Å². The third-order valence-electron chi connectivity index (χ3n) is 6.76. The van der Waals surface area contributed by atoms with E-state index < -0.39 is 72.8 Å². The number of anilines is 1. The Bertz CT molecular complexity index is 1250. The summed E-state index contributed by atoms with van der Waals surface area (Å²) < 4.78 is 12.7. The van der Waals surface area contributed by atoms with Crippen LogP contribution in [0, 0.1) is 5.41 Å². The van der Waals surface area contributed by atoms with Gasteiger partial charge in [0, 0.05) is 6.54 Å². The van der Waals surface area contributed by atoms with E-state index in [2.05, 4.69) is 20.3 Å². The molecule has 4 unspecified atom stereocenters. The predicted octanol–water partition coefficient (Wildman–Crippen LogP) is -4.58. The molecular weight excluding hydrogens is 524 g/mol. The number of aliphatic carboxylic acids is 1. The number of nitrogens with zero attached hydrogens (tertiary/aromatic N) is 5. The zero-order valence-corrected chi connectivity index (χ0v) is 20.4. The second kappa shape index (κ2) is 10.8. The zero-order chi connectivity index (χ0) is 28.6. The van der Waals surface area contributed by atoms with Gasteiger partial charge in [-0.2, -0.15) is 4.98 Å². The van der Waals surface area contributed by atoms with Gasteiger partial charge in [0.2, 0.25) is 17.8 Å². The second-order valence-electron chi connectivity index (χ2n) is 9.26. The summed E-state index contributed by atoms with van der Waals surface area (Å²) >= 11 is 0. The number of aliphatic hydroxyl groups is 3. The van der Waals surface area contributed by atoms with Crippen molar-refractivity contribution in [3.63, 3.8) is 0 Å². The number of nitrogens with one attached hydrogen (secondary N) is 2. The van der Waals surface area contributed by atoms with E-state index in [4.69, 9.17) is 32.1 Å². The van der Waals surface area contributed by atoms with Crippen molar-refractivity contribution in [3.05, 3.63) is 12.5 Å². The first-order chi connectivity index (χ1) is 18.4. The monoisotopic (exact) mass is 554 g/mol. The third kappa shape index (κ3) is 5.15. The molecule has 214 valence electrons. The average molecular weight is 555 g/mol. The van der Waals surface area contributed by atoms with E-state index in [0.717, 1.165) is 0 Å². The number of nitrogens with two attached hydrogens (primary N) is 3. The molecule has 0 saturated carbocycles. The molecule has 2 fully saturated rings. The molecule has 19 heteroatoms. The molecule has 2 saturated heterocycles. The third-order valence-corrected chi connectivity index (χ3v) is 6.76. The fraction of sp³-hybridized carbons (Fsp3) is 0.600. The number of carboxylic acids is 1. The van der Waals surface area contributed by atoms with Crippen LogP contribution in [0.5, 0.6) is 0 Å². The quantitative estimate of drug-likeness (QED) is 0.0791. The number of rotatable bonds is 9. The number of aromatic nitrogens is 4. The lowest BCUT2D eigenvalue weighted by atomic mass is 9.79. The minimum Gasteiger partial charge on any atom is -0.480 e. The number of guanidine groups is 1. The molecule has 8 atom stereocenters. The van der Waals surface area contributed by atoms with E-state index in [1.165, 1.54) is 17.1 Å². The van der Waals surface area contributed by atoms with Crippen LogP contribution in [0.4, 0.5) is 5.95 Å². The van der Waals surface area contributed by atoms with E-state index in [-0.39, 0.29) is 36.5 Å². The van der Waals surface area contributed by atoms with E-state index in [1.807, 2.05) is 0 Å². The highest BCUT2D eigenvalue weighted by Crippen LogP contribution is 2.44. The first-order valence-electron chi connectivity index (χ1n) is 11.8. The number of imidazole rings is 1. The van der Waals surface area contributed by atoms with Crippen LogP contribution in [0.25, 0.3) is 11.2 Å². The van der Waals surface area contributed by atoms with Crippen LogP contribution in [0.1, 0.15) is 19.1 Å². The Hall–Kier alpha value is -3.72. The number of amides is 1. The maximum absolute atomic E-state index is 12.7. The molecule has 2 aromatic heterocycles. The van der Waals surface area contributed by atoms with Crippen molar-refractivity contribution in [3.8, 4) is 0 Å². The molecule has 2 aliphatic heterocycles. The topological polar surface area (TPSA) is 315 Å².